The maximum absolute atomic E-state index is 13.2. The van der Waals surface area contributed by atoms with Crippen molar-refractivity contribution >= 4 is 46.4 Å². The normalized spacial score (nSPS) is 18.1. The minimum absolute atomic E-state index is 0.0210. The minimum atomic E-state index is -0.660. The lowest BCUT2D eigenvalue weighted by Gasteiger charge is -2.31. The zero-order chi connectivity index (χ0) is 24.5. The van der Waals surface area contributed by atoms with Crippen molar-refractivity contribution < 1.29 is 19.1 Å². The summed E-state index contributed by atoms with van der Waals surface area (Å²) in [5.41, 5.74) is 2.63. The largest absolute Gasteiger partial charge is 0.492 e. The third kappa shape index (κ3) is 4.56. The monoisotopic (exact) mass is 491 g/mol. The zero-order valence-corrected chi connectivity index (χ0v) is 20.2. The Labute approximate surface area is 208 Å². The number of aromatic nitrogens is 1. The Kier molecular flexibility index (Phi) is 6.34. The maximum atomic E-state index is 13.2. The first kappa shape index (κ1) is 23.2. The molecular formula is C27H26ClN3O4. The van der Waals surface area contributed by atoms with Crippen LogP contribution < -0.4 is 10.1 Å². The second kappa shape index (κ2) is 9.58. The quantitative estimate of drug-likeness (QED) is 0.385. The summed E-state index contributed by atoms with van der Waals surface area (Å²) in [6.07, 6.45) is 6.99. The predicted molar refractivity (Wildman–Crippen MR) is 134 cm³/mol. The predicted octanol–water partition coefficient (Wildman–Crippen LogP) is 5.09. The van der Waals surface area contributed by atoms with Gasteiger partial charge in [-0.1, -0.05) is 42.6 Å². The maximum Gasteiger partial charge on any atom is 0.331 e. The van der Waals surface area contributed by atoms with E-state index in [4.69, 9.17) is 16.3 Å². The number of hydrogen-bond donors (Lipinski definition) is 1. The molecule has 0 spiro atoms. The van der Waals surface area contributed by atoms with Crippen LogP contribution in [0.2, 0.25) is 5.02 Å². The van der Waals surface area contributed by atoms with Gasteiger partial charge in [-0.05, 0) is 55.7 Å². The van der Waals surface area contributed by atoms with Crippen LogP contribution in [-0.4, -0.2) is 40.0 Å². The number of amides is 4. The van der Waals surface area contributed by atoms with E-state index in [0.29, 0.717) is 18.2 Å². The topological polar surface area (TPSA) is 80.6 Å². The van der Waals surface area contributed by atoms with Crippen LogP contribution in [-0.2, 0) is 16.1 Å². The molecule has 2 heterocycles. The molecule has 35 heavy (non-hydrogen) atoms. The van der Waals surface area contributed by atoms with Gasteiger partial charge in [0.1, 0.15) is 17.9 Å². The molecule has 3 aromatic rings. The van der Waals surface area contributed by atoms with E-state index in [9.17, 15) is 14.4 Å². The van der Waals surface area contributed by atoms with Gasteiger partial charge in [0.05, 0.1) is 6.54 Å². The number of hydrogen-bond acceptors (Lipinski definition) is 4. The highest BCUT2D eigenvalue weighted by atomic mass is 35.5. The Bertz CT molecular complexity index is 1350. The van der Waals surface area contributed by atoms with Crippen LogP contribution in [0.25, 0.3) is 17.0 Å². The van der Waals surface area contributed by atoms with Crippen LogP contribution in [0.5, 0.6) is 5.75 Å². The summed E-state index contributed by atoms with van der Waals surface area (Å²) in [5, 5.41) is 3.95. The number of ether oxygens (including phenoxy) is 1. The lowest BCUT2D eigenvalue weighted by molar-refractivity contribution is -0.131. The van der Waals surface area contributed by atoms with Crippen molar-refractivity contribution in [1.29, 1.82) is 0 Å². The molecule has 0 radical (unpaired) electrons. The number of barbiturate groups is 1. The molecule has 1 saturated carbocycles. The number of para-hydroxylation sites is 1. The fourth-order valence-corrected chi connectivity index (χ4v) is 4.98. The highest BCUT2D eigenvalue weighted by Gasteiger charge is 2.40. The number of nitrogens with zero attached hydrogens (tertiary/aromatic N) is 2. The summed E-state index contributed by atoms with van der Waals surface area (Å²) in [6.45, 7) is 2.93. The molecule has 0 unspecified atom stereocenters. The fourth-order valence-electron chi connectivity index (χ4n) is 4.86. The van der Waals surface area contributed by atoms with Crippen molar-refractivity contribution in [2.24, 2.45) is 0 Å². The van der Waals surface area contributed by atoms with E-state index in [1.54, 1.807) is 6.08 Å². The van der Waals surface area contributed by atoms with Gasteiger partial charge in [0, 0.05) is 33.7 Å². The number of nitrogens with one attached hydrogen (secondary N) is 1. The Hall–Kier alpha value is -3.58. The van der Waals surface area contributed by atoms with Gasteiger partial charge in [-0.2, -0.15) is 0 Å². The van der Waals surface area contributed by atoms with Gasteiger partial charge in [0.2, 0.25) is 0 Å². The molecule has 8 heteroatoms. The number of carbonyl (C=O) groups is 3. The molecule has 7 nitrogen and oxygen atoms in total. The number of aryl methyl sites for hydroxylation is 1. The Balaban J connectivity index is 1.41. The van der Waals surface area contributed by atoms with E-state index in [1.165, 1.54) is 4.90 Å². The van der Waals surface area contributed by atoms with Crippen LogP contribution in [0.3, 0.4) is 0 Å². The van der Waals surface area contributed by atoms with Crippen molar-refractivity contribution in [3.63, 3.8) is 0 Å². The lowest BCUT2D eigenvalue weighted by atomic mass is 10.0. The molecule has 2 aliphatic rings. The van der Waals surface area contributed by atoms with Crippen LogP contribution in [0.15, 0.2) is 54.2 Å². The van der Waals surface area contributed by atoms with E-state index in [0.717, 1.165) is 53.5 Å². The molecule has 180 valence electrons. The van der Waals surface area contributed by atoms with Crippen molar-refractivity contribution in [2.45, 2.75) is 45.2 Å². The van der Waals surface area contributed by atoms with E-state index >= 15 is 0 Å². The second-order valence-electron chi connectivity index (χ2n) is 8.99. The number of fused-ring (bicyclic) bond motifs is 1. The molecule has 1 aromatic heterocycles. The first-order valence-electron chi connectivity index (χ1n) is 11.8. The molecule has 5 rings (SSSR count). The summed E-state index contributed by atoms with van der Waals surface area (Å²) < 4.78 is 7.95. The number of benzene rings is 2. The molecule has 2 fully saturated rings. The number of urea groups is 1. The smallest absolute Gasteiger partial charge is 0.331 e. The van der Waals surface area contributed by atoms with Gasteiger partial charge < -0.3 is 9.30 Å². The second-order valence-corrected chi connectivity index (χ2v) is 9.39. The van der Waals surface area contributed by atoms with Crippen LogP contribution >= 0.6 is 11.6 Å². The van der Waals surface area contributed by atoms with E-state index in [2.05, 4.69) is 5.32 Å². The molecule has 4 amide bonds. The van der Waals surface area contributed by atoms with Crippen molar-refractivity contribution in [1.82, 2.24) is 14.8 Å². The van der Waals surface area contributed by atoms with Gasteiger partial charge in [-0.25, -0.2) is 4.79 Å². The standard InChI is InChI=1S/C27H26ClN3O4/c1-17-14-20(10-11-23(17)28)35-13-12-30-16-18(21-8-4-5-9-24(21)30)15-22-25(32)29-27(34)31(26(22)33)19-6-2-3-7-19/h4-5,8-11,14-16,19H,2-3,6-7,12-13H2,1H3,(H,29,32,34)/b22-15-. The summed E-state index contributed by atoms with van der Waals surface area (Å²) in [4.78, 5) is 39.5. The minimum Gasteiger partial charge on any atom is -0.492 e. The average molecular weight is 492 g/mol. The summed E-state index contributed by atoms with van der Waals surface area (Å²) in [7, 11) is 0. The Morgan fingerprint density at radius 2 is 1.89 bits per heavy atom. The first-order chi connectivity index (χ1) is 16.9. The van der Waals surface area contributed by atoms with Gasteiger partial charge in [0.15, 0.2) is 0 Å². The van der Waals surface area contributed by atoms with Crippen LogP contribution in [0.1, 0.15) is 36.8 Å². The third-order valence-electron chi connectivity index (χ3n) is 6.67. The number of carbonyl (C=O) groups excluding carboxylic acids is 3. The summed E-state index contributed by atoms with van der Waals surface area (Å²) in [6, 6.07) is 12.6. The van der Waals surface area contributed by atoms with Crippen LogP contribution in [0.4, 0.5) is 4.79 Å². The number of imide groups is 2. The lowest BCUT2D eigenvalue weighted by Crippen LogP contribution is -2.57. The molecule has 1 N–H and O–H groups in total. The fraction of sp³-hybridized carbons (Fsp3) is 0.296. The third-order valence-corrected chi connectivity index (χ3v) is 7.10. The molecule has 2 aromatic carbocycles. The first-order valence-corrected chi connectivity index (χ1v) is 12.2. The number of halogens is 1. The average Bonchev–Trinajstić information content (AvgIpc) is 3.48. The molecule has 1 aliphatic carbocycles. The van der Waals surface area contributed by atoms with Gasteiger partial charge in [-0.3, -0.25) is 19.8 Å². The van der Waals surface area contributed by atoms with Crippen LogP contribution in [0, 0.1) is 6.92 Å². The zero-order valence-electron chi connectivity index (χ0n) is 19.4. The summed E-state index contributed by atoms with van der Waals surface area (Å²) >= 11 is 6.09. The Morgan fingerprint density at radius 1 is 1.11 bits per heavy atom. The van der Waals surface area contributed by atoms with Gasteiger partial charge in [0.25, 0.3) is 11.8 Å². The van der Waals surface area contributed by atoms with E-state index in [1.807, 2.05) is 60.2 Å². The summed E-state index contributed by atoms with van der Waals surface area (Å²) in [5.74, 6) is -0.441. The molecule has 1 saturated heterocycles. The SMILES string of the molecule is Cc1cc(OCCn2cc(/C=C3/C(=O)NC(=O)N(C4CCCC4)C3=O)c3ccccc32)ccc1Cl. The molecular weight excluding hydrogens is 466 g/mol. The molecule has 0 bridgehead atoms. The van der Waals surface area contributed by atoms with Gasteiger partial charge >= 0.3 is 6.03 Å². The highest BCUT2D eigenvalue weighted by Crippen LogP contribution is 2.29. The van der Waals surface area contributed by atoms with E-state index in [-0.39, 0.29) is 11.6 Å². The van der Waals surface area contributed by atoms with Crippen molar-refractivity contribution in [2.75, 3.05) is 6.61 Å². The molecule has 0 atom stereocenters. The van der Waals surface area contributed by atoms with Crippen molar-refractivity contribution in [3.05, 3.63) is 70.4 Å². The van der Waals surface area contributed by atoms with Crippen molar-refractivity contribution in [3.8, 4) is 5.75 Å². The highest BCUT2D eigenvalue weighted by molar-refractivity contribution is 6.31. The molecule has 1 aliphatic heterocycles. The Morgan fingerprint density at radius 3 is 2.66 bits per heavy atom. The van der Waals surface area contributed by atoms with Gasteiger partial charge in [-0.15, -0.1) is 0 Å². The number of rotatable bonds is 6. The van der Waals surface area contributed by atoms with E-state index < -0.39 is 17.8 Å².